The van der Waals surface area contributed by atoms with E-state index in [1.165, 1.54) is 17.6 Å². The highest BCUT2D eigenvalue weighted by atomic mass is 35.5. The third kappa shape index (κ3) is 4.03. The second-order valence-electron chi connectivity index (χ2n) is 5.81. The molecule has 2 heterocycles. The number of pyridine rings is 1. The summed E-state index contributed by atoms with van der Waals surface area (Å²) in [4.78, 5) is 28.6. The van der Waals surface area contributed by atoms with Crippen molar-refractivity contribution >= 4 is 23.2 Å². The van der Waals surface area contributed by atoms with Crippen molar-refractivity contribution in [3.8, 4) is 5.75 Å². The van der Waals surface area contributed by atoms with Crippen LogP contribution in [0, 0.1) is 6.92 Å². The molecule has 0 bridgehead atoms. The monoisotopic (exact) mass is 372 g/mol. The number of ether oxygens (including phenoxy) is 2. The van der Waals surface area contributed by atoms with Crippen LogP contribution >= 0.6 is 11.6 Å². The molecule has 2 aromatic heterocycles. The topological polar surface area (TPSA) is 69.9 Å². The molecule has 0 aliphatic rings. The second kappa shape index (κ2) is 7.58. The van der Waals surface area contributed by atoms with E-state index in [1.807, 2.05) is 13.0 Å². The van der Waals surface area contributed by atoms with Crippen molar-refractivity contribution in [3.63, 3.8) is 0 Å². The highest BCUT2D eigenvalue weighted by Crippen LogP contribution is 2.23. The van der Waals surface area contributed by atoms with Gasteiger partial charge < -0.3 is 9.47 Å². The molecule has 0 aliphatic carbocycles. The molecule has 0 aliphatic heterocycles. The molecule has 6 nitrogen and oxygen atoms in total. The summed E-state index contributed by atoms with van der Waals surface area (Å²) >= 11 is 5.96. The zero-order valence-corrected chi connectivity index (χ0v) is 15.1. The summed E-state index contributed by atoms with van der Waals surface area (Å²) in [5.41, 5.74) is 2.26. The minimum Gasteiger partial charge on any atom is -0.496 e. The lowest BCUT2D eigenvalue weighted by Crippen LogP contribution is -2.17. The normalized spacial score (nSPS) is 10.7. The molecule has 3 rings (SSSR count). The number of hydrogen-bond donors (Lipinski definition) is 0. The molecule has 0 fully saturated rings. The van der Waals surface area contributed by atoms with Crippen LogP contribution in [-0.2, 0) is 22.6 Å². The van der Waals surface area contributed by atoms with Gasteiger partial charge in [-0.25, -0.2) is 4.98 Å². The van der Waals surface area contributed by atoms with E-state index in [0.29, 0.717) is 27.7 Å². The van der Waals surface area contributed by atoms with E-state index < -0.39 is 5.97 Å². The summed E-state index contributed by atoms with van der Waals surface area (Å²) in [6, 6.07) is 10.0. The van der Waals surface area contributed by atoms with Gasteiger partial charge in [0.05, 0.1) is 19.2 Å². The van der Waals surface area contributed by atoms with Gasteiger partial charge in [-0.05, 0) is 36.8 Å². The average Bonchev–Trinajstić information content (AvgIpc) is 2.61. The molecule has 0 saturated carbocycles. The zero-order valence-electron chi connectivity index (χ0n) is 14.4. The Hall–Kier alpha value is -2.86. The van der Waals surface area contributed by atoms with Gasteiger partial charge in [0.2, 0.25) is 0 Å². The molecule has 0 saturated heterocycles. The maximum Gasteiger partial charge on any atom is 0.310 e. The highest BCUT2D eigenvalue weighted by molar-refractivity contribution is 6.30. The highest BCUT2D eigenvalue weighted by Gasteiger charge is 2.12. The van der Waals surface area contributed by atoms with Crippen molar-refractivity contribution in [1.82, 2.24) is 9.38 Å². The summed E-state index contributed by atoms with van der Waals surface area (Å²) in [6.45, 7) is 1.81. The number of aromatic nitrogens is 2. The van der Waals surface area contributed by atoms with Crippen molar-refractivity contribution in [2.75, 3.05) is 7.11 Å². The average molecular weight is 373 g/mol. The molecule has 0 radical (unpaired) electrons. The third-order valence-corrected chi connectivity index (χ3v) is 4.05. The lowest BCUT2D eigenvalue weighted by Gasteiger charge is -2.09. The summed E-state index contributed by atoms with van der Waals surface area (Å²) in [5.74, 6) is 0.0975. The molecule has 134 valence electrons. The molecule has 26 heavy (non-hydrogen) atoms. The van der Waals surface area contributed by atoms with Gasteiger partial charge in [-0.1, -0.05) is 17.7 Å². The largest absolute Gasteiger partial charge is 0.496 e. The molecule has 0 spiro atoms. The first-order valence-electron chi connectivity index (χ1n) is 7.93. The first-order chi connectivity index (χ1) is 12.5. The van der Waals surface area contributed by atoms with Crippen LogP contribution in [0.3, 0.4) is 0 Å². The second-order valence-corrected chi connectivity index (χ2v) is 6.25. The van der Waals surface area contributed by atoms with Crippen LogP contribution in [0.4, 0.5) is 0 Å². The Morgan fingerprint density at radius 3 is 2.81 bits per heavy atom. The van der Waals surface area contributed by atoms with Gasteiger partial charge in [-0.2, -0.15) is 0 Å². The summed E-state index contributed by atoms with van der Waals surface area (Å²) in [6.07, 6.45) is 1.72. The predicted molar refractivity (Wildman–Crippen MR) is 97.7 cm³/mol. The zero-order chi connectivity index (χ0) is 18.7. The molecule has 7 heteroatoms. The van der Waals surface area contributed by atoms with Gasteiger partial charge in [-0.15, -0.1) is 0 Å². The fraction of sp³-hybridized carbons (Fsp3) is 0.211. The SMILES string of the molecule is COc1ccc(Cl)cc1CC(=O)OCc1cc(=O)n2cc(C)ccc2n1. The quantitative estimate of drug-likeness (QED) is 0.644. The third-order valence-electron chi connectivity index (χ3n) is 3.82. The first kappa shape index (κ1) is 17.9. The van der Waals surface area contributed by atoms with E-state index in [9.17, 15) is 9.59 Å². The Morgan fingerprint density at radius 1 is 1.23 bits per heavy atom. The predicted octanol–water partition coefficient (Wildman–Crippen LogP) is 2.95. The van der Waals surface area contributed by atoms with E-state index in [1.54, 1.807) is 30.5 Å². The van der Waals surface area contributed by atoms with Gasteiger partial charge in [0.15, 0.2) is 0 Å². The smallest absolute Gasteiger partial charge is 0.310 e. The number of fused-ring (bicyclic) bond motifs is 1. The number of hydrogen-bond acceptors (Lipinski definition) is 5. The van der Waals surface area contributed by atoms with E-state index in [2.05, 4.69) is 4.98 Å². The lowest BCUT2D eigenvalue weighted by molar-refractivity contribution is -0.144. The number of halogens is 1. The number of benzene rings is 1. The number of esters is 1. The van der Waals surface area contributed by atoms with E-state index >= 15 is 0 Å². The number of carbonyl (C=O) groups is 1. The van der Waals surface area contributed by atoms with Gasteiger partial charge in [0.1, 0.15) is 18.0 Å². The fourth-order valence-corrected chi connectivity index (χ4v) is 2.77. The van der Waals surface area contributed by atoms with E-state index in [-0.39, 0.29) is 18.6 Å². The number of methoxy groups -OCH3 is 1. The molecular weight excluding hydrogens is 356 g/mol. The molecule has 0 N–H and O–H groups in total. The summed E-state index contributed by atoms with van der Waals surface area (Å²) in [5, 5.41) is 0.508. The molecule has 0 atom stereocenters. The number of aryl methyl sites for hydroxylation is 1. The van der Waals surface area contributed by atoms with E-state index in [4.69, 9.17) is 21.1 Å². The number of rotatable bonds is 5. The Kier molecular flexibility index (Phi) is 5.23. The van der Waals surface area contributed by atoms with Crippen LogP contribution in [0.25, 0.3) is 5.65 Å². The van der Waals surface area contributed by atoms with Crippen LogP contribution in [-0.4, -0.2) is 22.5 Å². The maximum atomic E-state index is 12.2. The Labute approximate surface area is 155 Å². The Morgan fingerprint density at radius 2 is 2.04 bits per heavy atom. The minimum atomic E-state index is -0.462. The molecule has 0 amide bonds. The van der Waals surface area contributed by atoms with Crippen molar-refractivity contribution in [3.05, 3.63) is 74.8 Å². The van der Waals surface area contributed by atoms with Gasteiger partial charge in [-0.3, -0.25) is 14.0 Å². The lowest BCUT2D eigenvalue weighted by atomic mass is 10.1. The van der Waals surface area contributed by atoms with Crippen molar-refractivity contribution in [2.45, 2.75) is 20.0 Å². The van der Waals surface area contributed by atoms with Crippen LogP contribution in [0.1, 0.15) is 16.8 Å². The molecule has 0 unspecified atom stereocenters. The Balaban J connectivity index is 1.72. The van der Waals surface area contributed by atoms with Crippen molar-refractivity contribution < 1.29 is 14.3 Å². The van der Waals surface area contributed by atoms with E-state index in [0.717, 1.165) is 5.56 Å². The Bertz CT molecular complexity index is 1030. The number of nitrogens with zero attached hydrogens (tertiary/aromatic N) is 2. The molecule has 1 aromatic carbocycles. The minimum absolute atomic E-state index is 0.00942. The summed E-state index contributed by atoms with van der Waals surface area (Å²) in [7, 11) is 1.52. The van der Waals surface area contributed by atoms with Crippen LogP contribution in [0.15, 0.2) is 47.4 Å². The standard InChI is InChI=1S/C19H17ClN2O4/c1-12-3-6-17-21-15(9-18(23)22(17)10-12)11-26-19(24)8-13-7-14(20)4-5-16(13)25-2/h3-7,9-10H,8,11H2,1-2H3. The fourth-order valence-electron chi connectivity index (χ4n) is 2.58. The van der Waals surface area contributed by atoms with Crippen molar-refractivity contribution in [2.24, 2.45) is 0 Å². The van der Waals surface area contributed by atoms with Crippen LogP contribution in [0.2, 0.25) is 5.02 Å². The molecule has 3 aromatic rings. The van der Waals surface area contributed by atoms with Gasteiger partial charge >= 0.3 is 5.97 Å². The number of carbonyl (C=O) groups excluding carboxylic acids is 1. The van der Waals surface area contributed by atoms with Crippen LogP contribution < -0.4 is 10.3 Å². The molecular formula is C19H17ClN2O4. The van der Waals surface area contributed by atoms with Crippen LogP contribution in [0.5, 0.6) is 5.75 Å². The van der Waals surface area contributed by atoms with Crippen molar-refractivity contribution in [1.29, 1.82) is 0 Å². The first-order valence-corrected chi connectivity index (χ1v) is 8.31. The summed E-state index contributed by atoms with van der Waals surface area (Å²) < 4.78 is 11.9. The van der Waals surface area contributed by atoms with Gasteiger partial charge in [0.25, 0.3) is 5.56 Å². The van der Waals surface area contributed by atoms with Gasteiger partial charge in [0, 0.05) is 22.8 Å². The maximum absolute atomic E-state index is 12.2.